The van der Waals surface area contributed by atoms with Crippen LogP contribution in [0, 0.1) is 11.8 Å². The van der Waals surface area contributed by atoms with E-state index in [9.17, 15) is 9.90 Å². The van der Waals surface area contributed by atoms with E-state index in [1.165, 1.54) is 11.1 Å². The second-order valence-electron chi connectivity index (χ2n) is 11.3. The van der Waals surface area contributed by atoms with Gasteiger partial charge in [0.2, 0.25) is 0 Å². The Hall–Kier alpha value is -3.09. The summed E-state index contributed by atoms with van der Waals surface area (Å²) in [5, 5.41) is 16.4. The molecular formula is C32H33ClN2O3S. The number of benzene rings is 2. The van der Waals surface area contributed by atoms with E-state index in [1.807, 2.05) is 30.5 Å². The topological polar surface area (TPSA) is 71.5 Å². The van der Waals surface area contributed by atoms with E-state index in [0.29, 0.717) is 36.3 Å². The highest BCUT2D eigenvalue weighted by atomic mass is 35.5. The molecule has 0 aliphatic heterocycles. The molecule has 1 spiro atoms. The lowest BCUT2D eigenvalue weighted by Crippen LogP contribution is -2.53. The third-order valence-corrected chi connectivity index (χ3v) is 10.1. The number of halogens is 1. The van der Waals surface area contributed by atoms with E-state index in [4.69, 9.17) is 16.3 Å². The van der Waals surface area contributed by atoms with Gasteiger partial charge >= 0.3 is 5.97 Å². The fourth-order valence-electron chi connectivity index (χ4n) is 6.96. The molecule has 1 saturated carbocycles. The summed E-state index contributed by atoms with van der Waals surface area (Å²) < 4.78 is 7.41. The number of ether oxygens (including phenoxy) is 1. The standard InChI is InChI=1S/C32H33ClN2O3S/c1-21(20-38-28-9-15-34-27-10-16-39-29(27)28)17-23-18-22-5-2-3-8-26(22)31(23)11-13-32(14-12-31,30(36)37)35-25-7-4-6-24(33)19-25/h2-10,15-16,19,21,23,35H,11-14,17-18,20H2,1H3,(H,36,37)/t21-,23?,31?,32?/m0/s1. The zero-order valence-electron chi connectivity index (χ0n) is 22.0. The first-order chi connectivity index (χ1) is 18.9. The fourth-order valence-corrected chi connectivity index (χ4v) is 7.97. The number of carboxylic acid groups (broad SMARTS) is 1. The number of hydrogen-bond acceptors (Lipinski definition) is 5. The largest absolute Gasteiger partial charge is 0.492 e. The summed E-state index contributed by atoms with van der Waals surface area (Å²) in [6.45, 7) is 2.92. The highest BCUT2D eigenvalue weighted by Crippen LogP contribution is 2.56. The van der Waals surface area contributed by atoms with Crippen molar-refractivity contribution >= 4 is 44.8 Å². The number of anilines is 1. The molecule has 2 heterocycles. The van der Waals surface area contributed by atoms with Crippen LogP contribution in [0.4, 0.5) is 5.69 Å². The monoisotopic (exact) mass is 560 g/mol. The molecule has 202 valence electrons. The SMILES string of the molecule is C[C@H](COc1ccnc2ccsc12)CC1Cc2ccccc2C12CCC(Nc1cccc(Cl)c1)(C(=O)O)CC2. The number of carboxylic acids is 1. The minimum absolute atomic E-state index is 0.0164. The summed E-state index contributed by atoms with van der Waals surface area (Å²) in [5.74, 6) is 0.923. The van der Waals surface area contributed by atoms with Gasteiger partial charge in [0.25, 0.3) is 0 Å². The maximum Gasteiger partial charge on any atom is 0.329 e. The van der Waals surface area contributed by atoms with Crippen LogP contribution in [0.25, 0.3) is 10.2 Å². The van der Waals surface area contributed by atoms with E-state index in [1.54, 1.807) is 23.5 Å². The number of hydrogen-bond donors (Lipinski definition) is 2. The number of pyridine rings is 1. The lowest BCUT2D eigenvalue weighted by Gasteiger charge is -2.47. The van der Waals surface area contributed by atoms with Crippen molar-refractivity contribution in [1.29, 1.82) is 0 Å². The van der Waals surface area contributed by atoms with Crippen molar-refractivity contribution in [3.8, 4) is 5.75 Å². The van der Waals surface area contributed by atoms with Gasteiger partial charge in [-0.1, -0.05) is 48.9 Å². The molecule has 0 radical (unpaired) electrons. The summed E-state index contributed by atoms with van der Waals surface area (Å²) in [4.78, 5) is 17.1. The van der Waals surface area contributed by atoms with Gasteiger partial charge in [0.15, 0.2) is 0 Å². The van der Waals surface area contributed by atoms with Crippen LogP contribution in [0.2, 0.25) is 5.02 Å². The molecule has 6 rings (SSSR count). The Morgan fingerprint density at radius 3 is 2.77 bits per heavy atom. The lowest BCUT2D eigenvalue weighted by atomic mass is 9.59. The van der Waals surface area contributed by atoms with Crippen LogP contribution < -0.4 is 10.1 Å². The summed E-state index contributed by atoms with van der Waals surface area (Å²) in [5.41, 5.74) is 3.55. The van der Waals surface area contributed by atoms with Gasteiger partial charge in [-0.25, -0.2) is 4.79 Å². The first-order valence-corrected chi connectivity index (χ1v) is 14.9. The van der Waals surface area contributed by atoms with Crippen molar-refractivity contribution in [2.24, 2.45) is 11.8 Å². The van der Waals surface area contributed by atoms with Crippen molar-refractivity contribution in [2.75, 3.05) is 11.9 Å². The molecule has 2 aliphatic rings. The molecule has 5 nitrogen and oxygen atoms in total. The zero-order chi connectivity index (χ0) is 27.0. The van der Waals surface area contributed by atoms with Gasteiger partial charge in [-0.05, 0) is 103 Å². The number of aromatic nitrogens is 1. The van der Waals surface area contributed by atoms with Crippen LogP contribution in [0.15, 0.2) is 72.2 Å². The highest BCUT2D eigenvalue weighted by molar-refractivity contribution is 7.17. The predicted molar refractivity (Wildman–Crippen MR) is 158 cm³/mol. The molecule has 2 aromatic heterocycles. The number of nitrogens with one attached hydrogen (secondary N) is 1. The number of fused-ring (bicyclic) bond motifs is 3. The summed E-state index contributed by atoms with van der Waals surface area (Å²) in [6, 6.07) is 20.1. The smallest absolute Gasteiger partial charge is 0.329 e. The second-order valence-corrected chi connectivity index (χ2v) is 12.7. The van der Waals surface area contributed by atoms with Crippen LogP contribution in [-0.2, 0) is 16.6 Å². The quantitative estimate of drug-likeness (QED) is 0.228. The van der Waals surface area contributed by atoms with E-state index in [-0.39, 0.29) is 5.41 Å². The number of carbonyl (C=O) groups is 1. The average Bonchev–Trinajstić information content (AvgIpc) is 3.52. The molecule has 0 amide bonds. The Morgan fingerprint density at radius 2 is 1.97 bits per heavy atom. The van der Waals surface area contributed by atoms with E-state index in [2.05, 4.69) is 46.9 Å². The molecule has 2 aromatic carbocycles. The Balaban J connectivity index is 1.20. The Kier molecular flexibility index (Phi) is 7.02. The molecule has 0 saturated heterocycles. The molecule has 2 N–H and O–H groups in total. The van der Waals surface area contributed by atoms with Gasteiger partial charge < -0.3 is 15.2 Å². The Bertz CT molecular complexity index is 1490. The fraction of sp³-hybridized carbons (Fsp3) is 0.375. The van der Waals surface area contributed by atoms with E-state index >= 15 is 0 Å². The first kappa shape index (κ1) is 26.1. The number of thiophene rings is 1. The number of aliphatic carboxylic acids is 1. The minimum atomic E-state index is -1.000. The summed E-state index contributed by atoms with van der Waals surface area (Å²) >= 11 is 7.86. The van der Waals surface area contributed by atoms with Gasteiger partial charge in [0.05, 0.1) is 16.8 Å². The molecule has 0 bridgehead atoms. The maximum absolute atomic E-state index is 12.7. The molecule has 2 atom stereocenters. The van der Waals surface area contributed by atoms with Crippen LogP contribution >= 0.6 is 22.9 Å². The predicted octanol–water partition coefficient (Wildman–Crippen LogP) is 7.97. The van der Waals surface area contributed by atoms with Gasteiger partial charge in [-0.2, -0.15) is 0 Å². The molecule has 7 heteroatoms. The Labute approximate surface area is 238 Å². The van der Waals surface area contributed by atoms with Gasteiger partial charge in [0, 0.05) is 16.9 Å². The van der Waals surface area contributed by atoms with Crippen molar-refractivity contribution in [2.45, 2.75) is 56.4 Å². The minimum Gasteiger partial charge on any atom is -0.492 e. The summed E-state index contributed by atoms with van der Waals surface area (Å²) in [7, 11) is 0. The highest BCUT2D eigenvalue weighted by Gasteiger charge is 2.54. The molecule has 39 heavy (non-hydrogen) atoms. The van der Waals surface area contributed by atoms with Crippen molar-refractivity contribution < 1.29 is 14.6 Å². The van der Waals surface area contributed by atoms with Gasteiger partial charge in [-0.3, -0.25) is 4.98 Å². The van der Waals surface area contributed by atoms with E-state index in [0.717, 1.165) is 47.3 Å². The Morgan fingerprint density at radius 1 is 1.15 bits per heavy atom. The lowest BCUT2D eigenvalue weighted by molar-refractivity contribution is -0.144. The van der Waals surface area contributed by atoms with Crippen molar-refractivity contribution in [1.82, 2.24) is 4.98 Å². The van der Waals surface area contributed by atoms with E-state index < -0.39 is 11.5 Å². The first-order valence-electron chi connectivity index (χ1n) is 13.7. The van der Waals surface area contributed by atoms with Crippen LogP contribution in [0.1, 0.15) is 50.2 Å². The van der Waals surface area contributed by atoms with Gasteiger partial charge in [-0.15, -0.1) is 11.3 Å². The van der Waals surface area contributed by atoms with Crippen LogP contribution in [0.5, 0.6) is 5.75 Å². The maximum atomic E-state index is 12.7. The number of nitrogens with zero attached hydrogens (tertiary/aromatic N) is 1. The summed E-state index contributed by atoms with van der Waals surface area (Å²) in [6.07, 6.45) is 6.69. The van der Waals surface area contributed by atoms with Crippen molar-refractivity contribution in [3.63, 3.8) is 0 Å². The molecule has 4 aromatic rings. The average molecular weight is 561 g/mol. The van der Waals surface area contributed by atoms with Gasteiger partial charge in [0.1, 0.15) is 11.3 Å². The third-order valence-electron chi connectivity index (χ3n) is 8.93. The second kappa shape index (κ2) is 10.5. The molecular weight excluding hydrogens is 528 g/mol. The van der Waals surface area contributed by atoms with Crippen LogP contribution in [0.3, 0.4) is 0 Å². The van der Waals surface area contributed by atoms with Crippen LogP contribution in [-0.4, -0.2) is 28.2 Å². The number of rotatable bonds is 8. The molecule has 2 aliphatic carbocycles. The third kappa shape index (κ3) is 4.89. The molecule has 1 unspecified atom stereocenters. The zero-order valence-corrected chi connectivity index (χ0v) is 23.6. The van der Waals surface area contributed by atoms with Crippen molar-refractivity contribution in [3.05, 3.63) is 88.4 Å². The molecule has 1 fully saturated rings. The normalized spacial score (nSPS) is 24.9.